The van der Waals surface area contributed by atoms with Crippen LogP contribution < -0.4 is 0 Å². The first-order valence-electron chi connectivity index (χ1n) is 7.79. The zero-order chi connectivity index (χ0) is 16.1. The van der Waals surface area contributed by atoms with Gasteiger partial charge in [-0.1, -0.05) is 0 Å². The Bertz CT molecular complexity index is 494. The number of hydrogen-bond acceptors (Lipinski definition) is 5. The minimum atomic E-state index is -0.570. The Morgan fingerprint density at radius 3 is 2.59 bits per heavy atom. The van der Waals surface area contributed by atoms with Crippen LogP contribution in [0.15, 0.2) is 0 Å². The van der Waals surface area contributed by atoms with E-state index in [0.29, 0.717) is 26.1 Å². The number of urea groups is 1. The average molecular weight is 328 g/mol. The summed E-state index contributed by atoms with van der Waals surface area (Å²) in [5.74, 6) is 0.240. The first-order chi connectivity index (χ1) is 10.2. The molecule has 0 aliphatic carbocycles. The molecule has 0 aromatic rings. The Morgan fingerprint density at radius 2 is 2.00 bits per heavy atom. The third kappa shape index (κ3) is 2.74. The summed E-state index contributed by atoms with van der Waals surface area (Å²) >= 11 is 1.76. The molecule has 3 aliphatic rings. The van der Waals surface area contributed by atoms with Crippen molar-refractivity contribution < 1.29 is 19.1 Å². The van der Waals surface area contributed by atoms with Crippen molar-refractivity contribution in [2.24, 2.45) is 0 Å². The van der Waals surface area contributed by atoms with Crippen molar-refractivity contribution in [1.29, 1.82) is 0 Å². The summed E-state index contributed by atoms with van der Waals surface area (Å²) in [5, 5.41) is 0. The predicted octanol–water partition coefficient (Wildman–Crippen LogP) is 1.69. The second-order valence-corrected chi connectivity index (χ2v) is 8.81. The summed E-state index contributed by atoms with van der Waals surface area (Å²) in [6.07, 6.45) is 0.560. The van der Waals surface area contributed by atoms with Gasteiger partial charge in [-0.15, -0.1) is 0 Å². The molecule has 3 aliphatic heterocycles. The minimum Gasteiger partial charge on any atom is -0.348 e. The van der Waals surface area contributed by atoms with E-state index < -0.39 is 5.79 Å². The number of fused-ring (bicyclic) bond motifs is 1. The highest BCUT2D eigenvalue weighted by Gasteiger charge is 2.54. The third-order valence-electron chi connectivity index (χ3n) is 4.49. The number of amides is 3. The highest BCUT2D eigenvalue weighted by atomic mass is 32.2. The molecule has 6 nitrogen and oxygen atoms in total. The monoisotopic (exact) mass is 328 g/mol. The van der Waals surface area contributed by atoms with E-state index in [0.717, 1.165) is 5.75 Å². The minimum absolute atomic E-state index is 0.0596. The van der Waals surface area contributed by atoms with Gasteiger partial charge in [0.05, 0.1) is 12.7 Å². The third-order valence-corrected chi connectivity index (χ3v) is 5.85. The van der Waals surface area contributed by atoms with Crippen LogP contribution >= 0.6 is 11.8 Å². The SMILES string of the molecule is CC1(C)OC[C@H](CCN2C(=O)[C@@H]3N(CCSC3(C)C)C2=O)O1. The quantitative estimate of drug-likeness (QED) is 0.738. The van der Waals surface area contributed by atoms with Gasteiger partial charge < -0.3 is 14.4 Å². The van der Waals surface area contributed by atoms with Crippen LogP contribution in [0.3, 0.4) is 0 Å². The van der Waals surface area contributed by atoms with Crippen molar-refractivity contribution in [3.8, 4) is 0 Å². The summed E-state index contributed by atoms with van der Waals surface area (Å²) in [5.41, 5.74) is 0. The molecule has 0 N–H and O–H groups in total. The van der Waals surface area contributed by atoms with Gasteiger partial charge >= 0.3 is 6.03 Å². The number of hydrogen-bond donors (Lipinski definition) is 0. The van der Waals surface area contributed by atoms with Crippen molar-refractivity contribution in [3.63, 3.8) is 0 Å². The fourth-order valence-corrected chi connectivity index (χ4v) is 4.61. The molecular weight excluding hydrogens is 304 g/mol. The molecule has 22 heavy (non-hydrogen) atoms. The van der Waals surface area contributed by atoms with Crippen molar-refractivity contribution >= 4 is 23.7 Å². The summed E-state index contributed by atoms with van der Waals surface area (Å²) in [6.45, 7) is 9.39. The molecule has 3 amide bonds. The second-order valence-electron chi connectivity index (χ2n) is 7.06. The molecule has 7 heteroatoms. The summed E-state index contributed by atoms with van der Waals surface area (Å²) in [6, 6.07) is -0.488. The Balaban J connectivity index is 1.65. The molecule has 0 radical (unpaired) electrons. The van der Waals surface area contributed by atoms with Crippen molar-refractivity contribution in [1.82, 2.24) is 9.80 Å². The molecule has 0 bridgehead atoms. The van der Waals surface area contributed by atoms with Crippen LogP contribution in [-0.2, 0) is 14.3 Å². The molecule has 124 valence electrons. The van der Waals surface area contributed by atoms with E-state index in [1.54, 1.807) is 16.7 Å². The molecule has 2 atom stereocenters. The molecule has 3 heterocycles. The zero-order valence-corrected chi connectivity index (χ0v) is 14.4. The topological polar surface area (TPSA) is 59.1 Å². The molecule has 0 saturated carbocycles. The van der Waals surface area contributed by atoms with Crippen LogP contribution in [0.4, 0.5) is 4.79 Å². The Morgan fingerprint density at radius 1 is 1.27 bits per heavy atom. The summed E-state index contributed by atoms with van der Waals surface area (Å²) in [7, 11) is 0. The van der Waals surface area contributed by atoms with Crippen molar-refractivity contribution in [2.45, 2.75) is 56.8 Å². The number of ether oxygens (including phenoxy) is 2. The van der Waals surface area contributed by atoms with E-state index in [1.807, 2.05) is 27.7 Å². The van der Waals surface area contributed by atoms with E-state index in [4.69, 9.17) is 9.47 Å². The van der Waals surface area contributed by atoms with Gasteiger partial charge in [0, 0.05) is 23.6 Å². The van der Waals surface area contributed by atoms with E-state index >= 15 is 0 Å². The molecule has 0 unspecified atom stereocenters. The predicted molar refractivity (Wildman–Crippen MR) is 83.7 cm³/mol. The van der Waals surface area contributed by atoms with Gasteiger partial charge in [-0.05, 0) is 34.1 Å². The molecule has 0 aromatic carbocycles. The fraction of sp³-hybridized carbons (Fsp3) is 0.867. The number of nitrogens with zero attached hydrogens (tertiary/aromatic N) is 2. The van der Waals surface area contributed by atoms with Crippen LogP contribution in [0.25, 0.3) is 0 Å². The second kappa shape index (κ2) is 5.39. The maximum absolute atomic E-state index is 12.7. The van der Waals surface area contributed by atoms with Gasteiger partial charge in [-0.25, -0.2) is 4.79 Å². The van der Waals surface area contributed by atoms with E-state index in [2.05, 4.69) is 0 Å². The van der Waals surface area contributed by atoms with Gasteiger partial charge in [0.1, 0.15) is 6.04 Å². The van der Waals surface area contributed by atoms with E-state index in [9.17, 15) is 9.59 Å². The standard InChI is InChI=1S/C15H24N2O4S/c1-14(2)11-12(18)17(13(19)16(11)7-8-22-14)6-5-10-9-20-15(3,4)21-10/h10-11H,5-9H2,1-4H3/t10-,11-/m0/s1. The van der Waals surface area contributed by atoms with Crippen LogP contribution in [-0.4, -0.2) is 69.9 Å². The van der Waals surface area contributed by atoms with Gasteiger partial charge in [0.15, 0.2) is 5.79 Å². The maximum Gasteiger partial charge on any atom is 0.327 e. The summed E-state index contributed by atoms with van der Waals surface area (Å²) in [4.78, 5) is 28.3. The summed E-state index contributed by atoms with van der Waals surface area (Å²) < 4.78 is 11.0. The number of rotatable bonds is 3. The maximum atomic E-state index is 12.7. The van der Waals surface area contributed by atoms with Crippen LogP contribution in [0.1, 0.15) is 34.1 Å². The number of carbonyl (C=O) groups excluding carboxylic acids is 2. The zero-order valence-electron chi connectivity index (χ0n) is 13.6. The van der Waals surface area contributed by atoms with Crippen molar-refractivity contribution in [2.75, 3.05) is 25.4 Å². The van der Waals surface area contributed by atoms with Crippen LogP contribution in [0, 0.1) is 0 Å². The smallest absolute Gasteiger partial charge is 0.327 e. The lowest BCUT2D eigenvalue weighted by Crippen LogP contribution is -2.52. The Kier molecular flexibility index (Phi) is 3.94. The average Bonchev–Trinajstić information content (AvgIpc) is 2.87. The van der Waals surface area contributed by atoms with Gasteiger partial charge in [-0.2, -0.15) is 11.8 Å². The first-order valence-corrected chi connectivity index (χ1v) is 8.77. The highest BCUT2D eigenvalue weighted by Crippen LogP contribution is 2.40. The lowest BCUT2D eigenvalue weighted by molar-refractivity contribution is -0.139. The lowest BCUT2D eigenvalue weighted by atomic mass is 10.0. The first kappa shape index (κ1) is 16.1. The highest BCUT2D eigenvalue weighted by molar-refractivity contribution is 8.00. The molecule has 0 spiro atoms. The van der Waals surface area contributed by atoms with Crippen LogP contribution in [0.2, 0.25) is 0 Å². The molecule has 3 fully saturated rings. The fourth-order valence-electron chi connectivity index (χ4n) is 3.41. The largest absolute Gasteiger partial charge is 0.348 e. The van der Waals surface area contributed by atoms with Gasteiger partial charge in [-0.3, -0.25) is 9.69 Å². The Hall–Kier alpha value is -0.790. The Labute approximate surface area is 135 Å². The normalized spacial score (nSPS) is 33.5. The van der Waals surface area contributed by atoms with Gasteiger partial charge in [0.2, 0.25) is 0 Å². The number of carbonyl (C=O) groups is 2. The molecular formula is C15H24N2O4S. The van der Waals surface area contributed by atoms with E-state index in [-0.39, 0.29) is 28.8 Å². The number of imide groups is 1. The number of thioether (sulfide) groups is 1. The molecule has 0 aromatic heterocycles. The lowest BCUT2D eigenvalue weighted by Gasteiger charge is -2.39. The van der Waals surface area contributed by atoms with E-state index in [1.165, 1.54) is 4.90 Å². The molecule has 3 rings (SSSR count). The van der Waals surface area contributed by atoms with Crippen molar-refractivity contribution in [3.05, 3.63) is 0 Å². The molecule has 3 saturated heterocycles. The van der Waals surface area contributed by atoms with Crippen LogP contribution in [0.5, 0.6) is 0 Å². The van der Waals surface area contributed by atoms with Gasteiger partial charge in [0.25, 0.3) is 5.91 Å².